The molecule has 0 bridgehead atoms. The number of nitrogen functional groups attached to an aromatic ring is 1. The zero-order valence-corrected chi connectivity index (χ0v) is 10.2. The smallest absolute Gasteiger partial charge is 0.398 e. The molecule has 19 heavy (non-hydrogen) atoms. The van der Waals surface area contributed by atoms with E-state index in [1.54, 1.807) is 0 Å². The van der Waals surface area contributed by atoms with E-state index in [2.05, 4.69) is 5.43 Å². The molecule has 7 heteroatoms. The van der Waals surface area contributed by atoms with Crippen molar-refractivity contribution in [2.24, 2.45) is 11.8 Å². The van der Waals surface area contributed by atoms with E-state index >= 15 is 0 Å². The Morgan fingerprint density at radius 3 is 2.63 bits per heavy atom. The lowest BCUT2D eigenvalue weighted by atomic mass is 9.90. The largest absolute Gasteiger partial charge is 0.416 e. The molecule has 2 atom stereocenters. The Hall–Kier alpha value is -1.31. The van der Waals surface area contributed by atoms with Gasteiger partial charge in [0, 0.05) is 18.2 Å². The first-order valence-electron chi connectivity index (χ1n) is 5.94. The minimum absolute atomic E-state index is 0.0239. The number of rotatable bonds is 3. The van der Waals surface area contributed by atoms with E-state index in [0.29, 0.717) is 24.5 Å². The lowest BCUT2D eigenvalue weighted by molar-refractivity contribution is -0.137. The zero-order valence-electron chi connectivity index (χ0n) is 10.2. The van der Waals surface area contributed by atoms with Gasteiger partial charge in [-0.05, 0) is 30.2 Å². The number of hydrazine groups is 1. The van der Waals surface area contributed by atoms with Crippen molar-refractivity contribution in [3.8, 4) is 0 Å². The van der Waals surface area contributed by atoms with Gasteiger partial charge in [0.2, 0.25) is 0 Å². The highest BCUT2D eigenvalue weighted by Gasteiger charge is 2.33. The van der Waals surface area contributed by atoms with E-state index in [1.165, 1.54) is 6.07 Å². The van der Waals surface area contributed by atoms with E-state index < -0.39 is 17.8 Å². The Labute approximate surface area is 108 Å². The van der Waals surface area contributed by atoms with Crippen molar-refractivity contribution < 1.29 is 17.9 Å². The summed E-state index contributed by atoms with van der Waals surface area (Å²) in [5.41, 5.74) is 8.26. The van der Waals surface area contributed by atoms with E-state index in [1.807, 2.05) is 0 Å². The van der Waals surface area contributed by atoms with Crippen LogP contribution in [0.15, 0.2) is 18.2 Å². The van der Waals surface area contributed by atoms with Gasteiger partial charge in [0.15, 0.2) is 0 Å². The van der Waals surface area contributed by atoms with Gasteiger partial charge >= 0.3 is 6.18 Å². The number of anilines is 1. The number of halogens is 3. The van der Waals surface area contributed by atoms with E-state index in [4.69, 9.17) is 16.3 Å². The highest BCUT2D eigenvalue weighted by molar-refractivity contribution is 5.51. The van der Waals surface area contributed by atoms with Crippen molar-refractivity contribution in [2.45, 2.75) is 18.6 Å². The fraction of sp³-hybridized carbons (Fsp3) is 0.500. The van der Waals surface area contributed by atoms with Crippen molar-refractivity contribution in [3.63, 3.8) is 0 Å². The lowest BCUT2D eigenvalue weighted by Gasteiger charge is -2.24. The van der Waals surface area contributed by atoms with Gasteiger partial charge < -0.3 is 10.5 Å². The second-order valence-electron chi connectivity index (χ2n) is 4.61. The summed E-state index contributed by atoms with van der Waals surface area (Å²) in [6, 6.07) is 2.85. The van der Waals surface area contributed by atoms with Crippen molar-refractivity contribution >= 4 is 5.69 Å². The van der Waals surface area contributed by atoms with Gasteiger partial charge in [-0.3, -0.25) is 11.3 Å². The van der Waals surface area contributed by atoms with Gasteiger partial charge in [-0.2, -0.15) is 13.2 Å². The third kappa shape index (κ3) is 2.99. The molecule has 2 unspecified atom stereocenters. The summed E-state index contributed by atoms with van der Waals surface area (Å²) in [5, 5.41) is 0. The molecule has 5 N–H and O–H groups in total. The van der Waals surface area contributed by atoms with Gasteiger partial charge in [0.05, 0.1) is 18.2 Å². The molecule has 1 aliphatic heterocycles. The maximum atomic E-state index is 12.7. The average molecular weight is 275 g/mol. The number of ether oxygens (including phenoxy) is 1. The van der Waals surface area contributed by atoms with Crippen LogP contribution in [-0.2, 0) is 10.9 Å². The Morgan fingerprint density at radius 1 is 1.37 bits per heavy atom. The highest BCUT2D eigenvalue weighted by Crippen LogP contribution is 2.36. The van der Waals surface area contributed by atoms with Crippen molar-refractivity contribution in [3.05, 3.63) is 29.3 Å². The molecule has 0 aromatic heterocycles. The summed E-state index contributed by atoms with van der Waals surface area (Å²) in [6.07, 6.45) is -3.65. The molecule has 0 radical (unpaired) electrons. The predicted octanol–water partition coefficient (Wildman–Crippen LogP) is 1.83. The minimum Gasteiger partial charge on any atom is -0.398 e. The van der Waals surface area contributed by atoms with Crippen molar-refractivity contribution in [1.82, 2.24) is 5.43 Å². The number of benzene rings is 1. The second-order valence-corrected chi connectivity index (χ2v) is 4.61. The van der Waals surface area contributed by atoms with Crippen molar-refractivity contribution in [1.29, 1.82) is 0 Å². The summed E-state index contributed by atoms with van der Waals surface area (Å²) in [7, 11) is 0. The molecule has 1 aromatic carbocycles. The standard InChI is InChI=1S/C12H16F3N3O/c13-12(14,15)8-1-2-10(16)9(5-8)11(18-17)7-3-4-19-6-7/h1-2,5,7,11,18H,3-4,6,16-17H2. The molecule has 0 spiro atoms. The highest BCUT2D eigenvalue weighted by atomic mass is 19.4. The van der Waals surface area contributed by atoms with Crippen LogP contribution in [0.25, 0.3) is 0 Å². The van der Waals surface area contributed by atoms with Gasteiger partial charge in [0.25, 0.3) is 0 Å². The zero-order chi connectivity index (χ0) is 14.0. The Balaban J connectivity index is 2.35. The number of hydrogen-bond acceptors (Lipinski definition) is 4. The number of hydrogen-bond donors (Lipinski definition) is 3. The first-order valence-corrected chi connectivity index (χ1v) is 5.94. The summed E-state index contributed by atoms with van der Waals surface area (Å²) in [5.74, 6) is 5.49. The van der Waals surface area contributed by atoms with Crippen LogP contribution in [-0.4, -0.2) is 13.2 Å². The molecule has 106 valence electrons. The summed E-state index contributed by atoms with van der Waals surface area (Å²) >= 11 is 0. The normalized spacial score (nSPS) is 21.6. The third-order valence-corrected chi connectivity index (χ3v) is 3.37. The Kier molecular flexibility index (Phi) is 3.98. The second kappa shape index (κ2) is 5.36. The topological polar surface area (TPSA) is 73.3 Å². The molecule has 1 saturated heterocycles. The average Bonchev–Trinajstić information content (AvgIpc) is 2.84. The number of nitrogens with two attached hydrogens (primary N) is 2. The third-order valence-electron chi connectivity index (χ3n) is 3.37. The first-order chi connectivity index (χ1) is 8.93. The maximum Gasteiger partial charge on any atom is 0.416 e. The molecule has 2 rings (SSSR count). The van der Waals surface area contributed by atoms with Crippen LogP contribution in [0.5, 0.6) is 0 Å². The van der Waals surface area contributed by atoms with Crippen LogP contribution < -0.4 is 17.0 Å². The van der Waals surface area contributed by atoms with Gasteiger partial charge in [-0.25, -0.2) is 0 Å². The maximum absolute atomic E-state index is 12.7. The quantitative estimate of drug-likeness (QED) is 0.447. The SMILES string of the molecule is NNC(c1cc(C(F)(F)F)ccc1N)C1CCOC1. The number of nitrogens with one attached hydrogen (secondary N) is 1. The molecule has 1 aromatic rings. The monoisotopic (exact) mass is 275 g/mol. The molecule has 4 nitrogen and oxygen atoms in total. The summed E-state index contributed by atoms with van der Waals surface area (Å²) < 4.78 is 43.4. The predicted molar refractivity (Wildman–Crippen MR) is 64.8 cm³/mol. The minimum atomic E-state index is -4.40. The van der Waals surface area contributed by atoms with E-state index in [9.17, 15) is 13.2 Å². The van der Waals surface area contributed by atoms with Crippen LogP contribution in [0.4, 0.5) is 18.9 Å². The summed E-state index contributed by atoms with van der Waals surface area (Å²) in [6.45, 7) is 1.05. The van der Waals surface area contributed by atoms with Crippen molar-refractivity contribution in [2.75, 3.05) is 18.9 Å². The van der Waals surface area contributed by atoms with E-state index in [-0.39, 0.29) is 5.92 Å². The first kappa shape index (κ1) is 14.1. The Morgan fingerprint density at radius 2 is 2.11 bits per heavy atom. The van der Waals surface area contributed by atoms with Crippen LogP contribution >= 0.6 is 0 Å². The molecular formula is C12H16F3N3O. The van der Waals surface area contributed by atoms with Gasteiger partial charge in [0.1, 0.15) is 0 Å². The molecule has 0 saturated carbocycles. The molecule has 1 fully saturated rings. The molecule has 0 aliphatic carbocycles. The van der Waals surface area contributed by atoms with Crippen LogP contribution in [0, 0.1) is 5.92 Å². The molecule has 0 amide bonds. The fourth-order valence-corrected chi connectivity index (χ4v) is 2.32. The number of alkyl halides is 3. The molecule has 1 aliphatic rings. The summed E-state index contributed by atoms with van der Waals surface area (Å²) in [4.78, 5) is 0. The lowest BCUT2D eigenvalue weighted by Crippen LogP contribution is -2.34. The van der Waals surface area contributed by atoms with Crippen LogP contribution in [0.3, 0.4) is 0 Å². The fourth-order valence-electron chi connectivity index (χ4n) is 2.32. The van der Waals surface area contributed by atoms with E-state index in [0.717, 1.165) is 18.6 Å². The van der Waals surface area contributed by atoms with Gasteiger partial charge in [-0.1, -0.05) is 0 Å². The Bertz CT molecular complexity index is 444. The molecular weight excluding hydrogens is 259 g/mol. The van der Waals surface area contributed by atoms with Crippen LogP contribution in [0.1, 0.15) is 23.6 Å². The van der Waals surface area contributed by atoms with Crippen LogP contribution in [0.2, 0.25) is 0 Å². The van der Waals surface area contributed by atoms with Gasteiger partial charge in [-0.15, -0.1) is 0 Å². The molecule has 1 heterocycles.